The molecule has 0 spiro atoms. The van der Waals surface area contributed by atoms with Crippen LogP contribution in [0.2, 0.25) is 0 Å². The van der Waals surface area contributed by atoms with Gasteiger partial charge in [0, 0.05) is 63.3 Å². The smallest absolute Gasteiger partial charge is 0.191 e. The van der Waals surface area contributed by atoms with E-state index in [-0.39, 0.29) is 24.0 Å². The number of guanidine groups is 1. The monoisotopic (exact) mass is 555 g/mol. The lowest BCUT2D eigenvalue weighted by molar-refractivity contribution is 0.459. The molecule has 0 aromatic carbocycles. The summed E-state index contributed by atoms with van der Waals surface area (Å²) in [5.41, 5.74) is 2.24. The first-order valence-corrected chi connectivity index (χ1v) is 11.9. The number of aliphatic imine (C=N–C) groups is 1. The van der Waals surface area contributed by atoms with E-state index in [4.69, 9.17) is 4.98 Å². The van der Waals surface area contributed by atoms with E-state index in [0.29, 0.717) is 6.04 Å². The van der Waals surface area contributed by atoms with E-state index in [1.165, 1.54) is 23.7 Å². The first kappa shape index (κ1) is 24.0. The van der Waals surface area contributed by atoms with Crippen molar-refractivity contribution >= 4 is 52.2 Å². The summed E-state index contributed by atoms with van der Waals surface area (Å²) in [6.07, 6.45) is 5.67. The van der Waals surface area contributed by atoms with Gasteiger partial charge in [-0.15, -0.1) is 35.3 Å². The van der Waals surface area contributed by atoms with Gasteiger partial charge in [0.15, 0.2) is 11.1 Å². The van der Waals surface area contributed by atoms with Crippen LogP contribution >= 0.6 is 35.3 Å². The molecule has 0 saturated carbocycles. The number of anilines is 2. The number of rotatable bonds is 6. The summed E-state index contributed by atoms with van der Waals surface area (Å²) in [5, 5.41) is 10.4. The van der Waals surface area contributed by atoms with Gasteiger partial charge in [0.2, 0.25) is 0 Å². The number of hydrogen-bond donors (Lipinski definition) is 2. The molecular weight excluding hydrogens is 521 g/mol. The van der Waals surface area contributed by atoms with Crippen molar-refractivity contribution in [1.82, 2.24) is 20.6 Å². The Balaban J connectivity index is 0.00000272. The van der Waals surface area contributed by atoms with Crippen LogP contribution in [0.4, 0.5) is 10.9 Å². The van der Waals surface area contributed by atoms with Crippen molar-refractivity contribution < 1.29 is 0 Å². The number of aryl methyl sites for hydroxylation is 1. The van der Waals surface area contributed by atoms with Crippen LogP contribution in [0.25, 0.3) is 0 Å². The average Bonchev–Trinajstić information content (AvgIpc) is 3.45. The van der Waals surface area contributed by atoms with Gasteiger partial charge in [0.05, 0.1) is 5.69 Å². The predicted molar refractivity (Wildman–Crippen MR) is 141 cm³/mol. The molecule has 4 heterocycles. The summed E-state index contributed by atoms with van der Waals surface area (Å²) in [4.78, 5) is 18.7. The quantitative estimate of drug-likeness (QED) is 0.324. The zero-order valence-electron chi connectivity index (χ0n) is 18.5. The molecule has 2 N–H and O–H groups in total. The van der Waals surface area contributed by atoms with Crippen LogP contribution in [0, 0.1) is 6.92 Å². The molecule has 2 aromatic heterocycles. The van der Waals surface area contributed by atoms with Gasteiger partial charge in [-0.25, -0.2) is 9.97 Å². The Morgan fingerprint density at radius 2 is 1.90 bits per heavy atom. The van der Waals surface area contributed by atoms with Gasteiger partial charge >= 0.3 is 0 Å². The van der Waals surface area contributed by atoms with Crippen LogP contribution in [0.1, 0.15) is 37.1 Å². The Morgan fingerprint density at radius 3 is 2.61 bits per heavy atom. The zero-order chi connectivity index (χ0) is 20.8. The standard InChI is InChI=1S/C22H33N7S.HI/c1-17-6-5-7-20(25-17)28-14-9-18(10-15-28)26-21(23-2)24-11-8-19-16-30-22(27-19)29-12-3-4-13-29;/h5-7,16,18H,3-4,8-15H2,1-2H3,(H2,23,24,26);1H. The highest BCUT2D eigenvalue weighted by atomic mass is 127. The maximum atomic E-state index is 4.81. The largest absolute Gasteiger partial charge is 0.356 e. The van der Waals surface area contributed by atoms with Crippen molar-refractivity contribution in [2.75, 3.05) is 49.6 Å². The molecule has 0 atom stereocenters. The molecule has 170 valence electrons. The molecule has 31 heavy (non-hydrogen) atoms. The van der Waals surface area contributed by atoms with E-state index < -0.39 is 0 Å². The molecule has 0 aliphatic carbocycles. The number of hydrogen-bond acceptors (Lipinski definition) is 6. The molecule has 0 bridgehead atoms. The second-order valence-corrected chi connectivity index (χ2v) is 8.94. The Labute approximate surface area is 206 Å². The summed E-state index contributed by atoms with van der Waals surface area (Å²) in [5.74, 6) is 1.98. The molecule has 4 rings (SSSR count). The fraction of sp³-hybridized carbons (Fsp3) is 0.591. The van der Waals surface area contributed by atoms with E-state index in [9.17, 15) is 0 Å². The number of nitrogens with one attached hydrogen (secondary N) is 2. The van der Waals surface area contributed by atoms with E-state index >= 15 is 0 Å². The number of nitrogens with zero attached hydrogens (tertiary/aromatic N) is 5. The number of piperidine rings is 1. The summed E-state index contributed by atoms with van der Waals surface area (Å²) >= 11 is 1.77. The third-order valence-electron chi connectivity index (χ3n) is 5.85. The Kier molecular flexibility index (Phi) is 9.18. The number of aromatic nitrogens is 2. The molecule has 2 aliphatic rings. The predicted octanol–water partition coefficient (Wildman–Crippen LogP) is 3.44. The van der Waals surface area contributed by atoms with Crippen LogP contribution in [0.5, 0.6) is 0 Å². The van der Waals surface area contributed by atoms with Crippen molar-refractivity contribution in [3.8, 4) is 0 Å². The van der Waals surface area contributed by atoms with Crippen LogP contribution < -0.4 is 20.4 Å². The summed E-state index contributed by atoms with van der Waals surface area (Å²) in [6, 6.07) is 6.68. The molecule has 2 saturated heterocycles. The van der Waals surface area contributed by atoms with Crippen molar-refractivity contribution in [2.45, 2.75) is 45.1 Å². The van der Waals surface area contributed by atoms with E-state index in [1.807, 2.05) is 20.0 Å². The van der Waals surface area contributed by atoms with Gasteiger partial charge in [0.25, 0.3) is 0 Å². The van der Waals surface area contributed by atoms with Crippen LogP contribution in [0.3, 0.4) is 0 Å². The highest BCUT2D eigenvalue weighted by Crippen LogP contribution is 2.24. The van der Waals surface area contributed by atoms with Gasteiger partial charge < -0.3 is 20.4 Å². The number of pyridine rings is 1. The van der Waals surface area contributed by atoms with E-state index in [0.717, 1.165) is 69.5 Å². The molecule has 0 radical (unpaired) electrons. The van der Waals surface area contributed by atoms with Gasteiger partial charge in [-0.2, -0.15) is 0 Å². The third kappa shape index (κ3) is 6.68. The summed E-state index contributed by atoms with van der Waals surface area (Å²) in [6.45, 7) is 7.23. The van der Waals surface area contributed by atoms with E-state index in [1.54, 1.807) is 11.3 Å². The molecule has 7 nitrogen and oxygen atoms in total. The Morgan fingerprint density at radius 1 is 1.13 bits per heavy atom. The lowest BCUT2D eigenvalue weighted by Gasteiger charge is -2.34. The molecule has 2 fully saturated rings. The summed E-state index contributed by atoms with van der Waals surface area (Å²) in [7, 11) is 1.84. The third-order valence-corrected chi connectivity index (χ3v) is 6.80. The SMILES string of the molecule is CN=C(NCCc1csc(N2CCCC2)n1)NC1CCN(c2cccc(C)n2)CC1.I. The first-order valence-electron chi connectivity index (χ1n) is 11.1. The number of halogens is 1. The molecule has 0 amide bonds. The highest BCUT2D eigenvalue weighted by Gasteiger charge is 2.21. The van der Waals surface area contributed by atoms with Crippen molar-refractivity contribution in [1.29, 1.82) is 0 Å². The fourth-order valence-electron chi connectivity index (χ4n) is 4.12. The second kappa shape index (κ2) is 11.8. The normalized spacial score (nSPS) is 17.5. The van der Waals surface area contributed by atoms with Gasteiger partial charge in [0.1, 0.15) is 5.82 Å². The highest BCUT2D eigenvalue weighted by molar-refractivity contribution is 14.0. The van der Waals surface area contributed by atoms with Crippen molar-refractivity contribution in [3.63, 3.8) is 0 Å². The van der Waals surface area contributed by atoms with Crippen molar-refractivity contribution in [2.24, 2.45) is 4.99 Å². The van der Waals surface area contributed by atoms with Gasteiger partial charge in [-0.1, -0.05) is 6.07 Å². The maximum absolute atomic E-state index is 4.81. The fourth-order valence-corrected chi connectivity index (χ4v) is 5.03. The van der Waals surface area contributed by atoms with Gasteiger partial charge in [-0.05, 0) is 44.7 Å². The van der Waals surface area contributed by atoms with Gasteiger partial charge in [-0.3, -0.25) is 4.99 Å². The van der Waals surface area contributed by atoms with Crippen LogP contribution in [-0.2, 0) is 6.42 Å². The van der Waals surface area contributed by atoms with Crippen molar-refractivity contribution in [3.05, 3.63) is 35.0 Å². The Bertz CT molecular complexity index is 842. The Hall–Kier alpha value is -1.62. The van der Waals surface area contributed by atoms with Crippen LogP contribution in [-0.4, -0.2) is 61.7 Å². The average molecular weight is 556 g/mol. The molecule has 9 heteroatoms. The minimum atomic E-state index is 0. The molecule has 2 aliphatic heterocycles. The molecular formula is C22H34IN7S. The summed E-state index contributed by atoms with van der Waals surface area (Å²) < 4.78 is 0. The van der Waals surface area contributed by atoms with E-state index in [2.05, 4.69) is 47.9 Å². The zero-order valence-corrected chi connectivity index (χ0v) is 21.7. The lowest BCUT2D eigenvalue weighted by Crippen LogP contribution is -2.49. The maximum Gasteiger partial charge on any atom is 0.191 e. The second-order valence-electron chi connectivity index (χ2n) is 8.11. The van der Waals surface area contributed by atoms with Crippen LogP contribution in [0.15, 0.2) is 28.6 Å². The molecule has 0 unspecified atom stereocenters. The minimum Gasteiger partial charge on any atom is -0.356 e. The molecule has 2 aromatic rings. The number of thiazole rings is 1. The minimum absolute atomic E-state index is 0. The first-order chi connectivity index (χ1) is 14.7. The lowest BCUT2D eigenvalue weighted by atomic mass is 10.1. The topological polar surface area (TPSA) is 68.7 Å².